The van der Waals surface area contributed by atoms with E-state index in [0.717, 1.165) is 12.0 Å². The molecule has 0 aliphatic carbocycles. The van der Waals surface area contributed by atoms with E-state index in [-0.39, 0.29) is 17.9 Å². The van der Waals surface area contributed by atoms with E-state index < -0.39 is 11.9 Å². The lowest BCUT2D eigenvalue weighted by Gasteiger charge is -2.15. The number of benzene rings is 2. The second-order valence-electron chi connectivity index (χ2n) is 5.53. The summed E-state index contributed by atoms with van der Waals surface area (Å²) in [7, 11) is 0. The van der Waals surface area contributed by atoms with Gasteiger partial charge in [-0.2, -0.15) is 0 Å². The van der Waals surface area contributed by atoms with Crippen LogP contribution >= 0.6 is 0 Å². The molecule has 0 aromatic heterocycles. The number of nitrogens with one attached hydrogen (secondary N) is 1. The highest BCUT2D eigenvalue weighted by Gasteiger charge is 2.14. The normalized spacial score (nSPS) is 11.6. The van der Waals surface area contributed by atoms with Crippen LogP contribution in [0.4, 0.5) is 5.69 Å². The summed E-state index contributed by atoms with van der Waals surface area (Å²) in [5.74, 6) is -0.484. The average molecular weight is 327 g/mol. The van der Waals surface area contributed by atoms with Crippen LogP contribution in [-0.4, -0.2) is 23.6 Å². The summed E-state index contributed by atoms with van der Waals surface area (Å²) in [5.41, 5.74) is 1.36. The van der Waals surface area contributed by atoms with Crippen molar-refractivity contribution in [2.24, 2.45) is 0 Å². The van der Waals surface area contributed by atoms with Crippen molar-refractivity contribution in [2.75, 3.05) is 11.9 Å². The van der Waals surface area contributed by atoms with Gasteiger partial charge in [-0.15, -0.1) is 0 Å². The fourth-order valence-electron chi connectivity index (χ4n) is 2.35. The first-order valence-electron chi connectivity index (χ1n) is 7.86. The van der Waals surface area contributed by atoms with Crippen LogP contribution in [0.1, 0.15) is 42.1 Å². The molecule has 24 heavy (non-hydrogen) atoms. The zero-order valence-corrected chi connectivity index (χ0v) is 13.8. The molecule has 0 saturated carbocycles. The lowest BCUT2D eigenvalue weighted by atomic mass is 9.98. The number of carboxylic acids is 1. The van der Waals surface area contributed by atoms with E-state index in [0.29, 0.717) is 11.7 Å². The van der Waals surface area contributed by atoms with E-state index >= 15 is 0 Å². The number of ether oxygens (including phenoxy) is 1. The van der Waals surface area contributed by atoms with Crippen LogP contribution in [0.3, 0.4) is 0 Å². The van der Waals surface area contributed by atoms with Crippen molar-refractivity contribution >= 4 is 17.6 Å². The van der Waals surface area contributed by atoms with Crippen molar-refractivity contribution < 1.29 is 19.4 Å². The Bertz CT molecular complexity index is 727. The molecule has 1 amide bonds. The smallest absolute Gasteiger partial charge is 0.337 e. The Morgan fingerprint density at radius 1 is 1.12 bits per heavy atom. The van der Waals surface area contributed by atoms with Crippen LogP contribution in [0.2, 0.25) is 0 Å². The Hall–Kier alpha value is -2.82. The first kappa shape index (κ1) is 17.5. The van der Waals surface area contributed by atoms with E-state index in [4.69, 9.17) is 9.84 Å². The minimum Gasteiger partial charge on any atom is -0.483 e. The monoisotopic (exact) mass is 327 g/mol. The highest BCUT2D eigenvalue weighted by molar-refractivity contribution is 6.00. The number of hydrogen-bond acceptors (Lipinski definition) is 3. The largest absolute Gasteiger partial charge is 0.483 e. The lowest BCUT2D eigenvalue weighted by Crippen LogP contribution is -2.22. The summed E-state index contributed by atoms with van der Waals surface area (Å²) in [6.07, 6.45) is 0.971. The van der Waals surface area contributed by atoms with Gasteiger partial charge in [0.1, 0.15) is 5.75 Å². The number of anilines is 1. The number of aromatic carboxylic acids is 1. The van der Waals surface area contributed by atoms with Crippen LogP contribution < -0.4 is 10.1 Å². The summed E-state index contributed by atoms with van der Waals surface area (Å²) >= 11 is 0. The van der Waals surface area contributed by atoms with Gasteiger partial charge < -0.3 is 15.2 Å². The summed E-state index contributed by atoms with van der Waals surface area (Å²) in [5, 5.41) is 11.7. The van der Waals surface area contributed by atoms with Crippen LogP contribution in [0.25, 0.3) is 0 Å². The third-order valence-corrected chi connectivity index (χ3v) is 3.85. The predicted molar refractivity (Wildman–Crippen MR) is 92.7 cm³/mol. The summed E-state index contributed by atoms with van der Waals surface area (Å²) in [6.45, 7) is 4.02. The standard InChI is InChI=1S/C19H21NO4/c1-3-13(2)14-8-5-7-11-17(14)24-12-18(21)20-16-10-6-4-9-15(16)19(22)23/h4-11,13H,3,12H2,1-2H3,(H,20,21)(H,22,23)/t13-/m1/s1. The quantitative estimate of drug-likeness (QED) is 0.808. The fourth-order valence-corrected chi connectivity index (χ4v) is 2.35. The number of rotatable bonds is 7. The van der Waals surface area contributed by atoms with E-state index in [2.05, 4.69) is 19.2 Å². The molecular formula is C19H21NO4. The minimum absolute atomic E-state index is 0.0471. The Balaban J connectivity index is 2.04. The molecule has 0 heterocycles. The maximum atomic E-state index is 12.1. The fraction of sp³-hybridized carbons (Fsp3) is 0.263. The Kier molecular flexibility index (Phi) is 5.95. The van der Waals surface area contributed by atoms with Gasteiger partial charge in [-0.3, -0.25) is 4.79 Å². The minimum atomic E-state index is -1.09. The van der Waals surface area contributed by atoms with Gasteiger partial charge in [0.05, 0.1) is 11.3 Å². The third kappa shape index (κ3) is 4.35. The van der Waals surface area contributed by atoms with Gasteiger partial charge in [0.15, 0.2) is 6.61 Å². The molecule has 5 heteroatoms. The molecule has 0 unspecified atom stereocenters. The summed E-state index contributed by atoms with van der Waals surface area (Å²) < 4.78 is 5.63. The highest BCUT2D eigenvalue weighted by Crippen LogP contribution is 2.28. The first-order chi connectivity index (χ1) is 11.5. The van der Waals surface area contributed by atoms with Crippen LogP contribution in [-0.2, 0) is 4.79 Å². The molecule has 2 N–H and O–H groups in total. The van der Waals surface area contributed by atoms with Crippen molar-refractivity contribution in [1.29, 1.82) is 0 Å². The average Bonchev–Trinajstić information content (AvgIpc) is 2.59. The Labute approximate surface area is 141 Å². The topological polar surface area (TPSA) is 75.6 Å². The van der Waals surface area contributed by atoms with Crippen molar-refractivity contribution in [3.05, 3.63) is 59.7 Å². The zero-order chi connectivity index (χ0) is 17.5. The van der Waals surface area contributed by atoms with Gasteiger partial charge in [0.2, 0.25) is 0 Å². The summed E-state index contributed by atoms with van der Waals surface area (Å²) in [6, 6.07) is 13.9. The summed E-state index contributed by atoms with van der Waals surface area (Å²) in [4.78, 5) is 23.2. The molecule has 0 bridgehead atoms. The van der Waals surface area contributed by atoms with Gasteiger partial charge >= 0.3 is 5.97 Å². The van der Waals surface area contributed by atoms with Crippen LogP contribution in [0, 0.1) is 0 Å². The van der Waals surface area contributed by atoms with Crippen molar-refractivity contribution in [2.45, 2.75) is 26.2 Å². The Morgan fingerprint density at radius 2 is 1.79 bits per heavy atom. The van der Waals surface area contributed by atoms with E-state index in [1.807, 2.05) is 24.3 Å². The molecule has 5 nitrogen and oxygen atoms in total. The molecule has 126 valence electrons. The number of para-hydroxylation sites is 2. The highest BCUT2D eigenvalue weighted by atomic mass is 16.5. The number of carboxylic acid groups (broad SMARTS) is 1. The molecule has 0 aliphatic heterocycles. The molecule has 0 fully saturated rings. The number of hydrogen-bond donors (Lipinski definition) is 2. The molecule has 0 aliphatic rings. The van der Waals surface area contributed by atoms with E-state index in [9.17, 15) is 9.59 Å². The first-order valence-corrected chi connectivity index (χ1v) is 7.86. The third-order valence-electron chi connectivity index (χ3n) is 3.85. The molecule has 0 radical (unpaired) electrons. The van der Waals surface area contributed by atoms with Crippen molar-refractivity contribution in [3.63, 3.8) is 0 Å². The molecule has 0 saturated heterocycles. The van der Waals surface area contributed by atoms with E-state index in [1.54, 1.807) is 18.2 Å². The molecule has 0 spiro atoms. The van der Waals surface area contributed by atoms with Crippen LogP contribution in [0.5, 0.6) is 5.75 Å². The second-order valence-corrected chi connectivity index (χ2v) is 5.53. The van der Waals surface area contributed by atoms with Gasteiger partial charge in [0, 0.05) is 0 Å². The number of carbonyl (C=O) groups is 2. The molecule has 2 rings (SSSR count). The second kappa shape index (κ2) is 8.15. The molecular weight excluding hydrogens is 306 g/mol. The molecule has 1 atom stereocenters. The molecule has 2 aromatic carbocycles. The van der Waals surface area contributed by atoms with Gasteiger partial charge in [0.25, 0.3) is 5.91 Å². The van der Waals surface area contributed by atoms with Crippen molar-refractivity contribution in [3.8, 4) is 5.75 Å². The predicted octanol–water partition coefficient (Wildman–Crippen LogP) is 3.92. The lowest BCUT2D eigenvalue weighted by molar-refractivity contribution is -0.118. The van der Waals surface area contributed by atoms with Crippen LogP contribution in [0.15, 0.2) is 48.5 Å². The maximum absolute atomic E-state index is 12.1. The SMILES string of the molecule is CC[C@@H](C)c1ccccc1OCC(=O)Nc1ccccc1C(=O)O. The van der Waals surface area contributed by atoms with Crippen molar-refractivity contribution in [1.82, 2.24) is 0 Å². The van der Waals surface area contributed by atoms with Gasteiger partial charge in [-0.05, 0) is 36.1 Å². The van der Waals surface area contributed by atoms with E-state index in [1.165, 1.54) is 6.07 Å². The van der Waals surface area contributed by atoms with Gasteiger partial charge in [-0.1, -0.05) is 44.2 Å². The van der Waals surface area contributed by atoms with Gasteiger partial charge in [-0.25, -0.2) is 4.79 Å². The molecule has 2 aromatic rings. The zero-order valence-electron chi connectivity index (χ0n) is 13.8. The number of amides is 1. The number of carbonyl (C=O) groups excluding carboxylic acids is 1. The maximum Gasteiger partial charge on any atom is 0.337 e. The Morgan fingerprint density at radius 3 is 2.50 bits per heavy atom.